The van der Waals surface area contributed by atoms with Crippen LogP contribution in [0.4, 0.5) is 4.39 Å². The van der Waals surface area contributed by atoms with Gasteiger partial charge in [-0.05, 0) is 18.6 Å². The van der Waals surface area contributed by atoms with Gasteiger partial charge in [0, 0.05) is 23.9 Å². The summed E-state index contributed by atoms with van der Waals surface area (Å²) in [7, 11) is 0. The van der Waals surface area contributed by atoms with Crippen molar-refractivity contribution in [1.82, 2.24) is 9.78 Å². The van der Waals surface area contributed by atoms with E-state index >= 15 is 0 Å². The average molecular weight is 229 g/mol. The maximum atomic E-state index is 13.6. The molecule has 2 aromatic rings. The molecule has 0 bridgehead atoms. The van der Waals surface area contributed by atoms with Crippen molar-refractivity contribution in [2.75, 3.05) is 0 Å². The minimum atomic E-state index is -0.340. The second kappa shape index (κ2) is 4.79. The number of nitrogens with zero attached hydrogens (tertiary/aromatic N) is 3. The van der Waals surface area contributed by atoms with E-state index in [0.717, 1.165) is 17.7 Å². The van der Waals surface area contributed by atoms with Gasteiger partial charge in [0.25, 0.3) is 0 Å². The van der Waals surface area contributed by atoms with E-state index in [0.29, 0.717) is 5.56 Å². The van der Waals surface area contributed by atoms with E-state index in [-0.39, 0.29) is 12.2 Å². The van der Waals surface area contributed by atoms with Crippen LogP contribution >= 0.6 is 0 Å². The fourth-order valence-corrected chi connectivity index (χ4v) is 1.64. The van der Waals surface area contributed by atoms with Gasteiger partial charge in [0.1, 0.15) is 5.82 Å². The molecule has 0 amide bonds. The van der Waals surface area contributed by atoms with Gasteiger partial charge < -0.3 is 0 Å². The summed E-state index contributed by atoms with van der Waals surface area (Å²) in [6.45, 7) is 2.78. The van der Waals surface area contributed by atoms with Crippen molar-refractivity contribution < 1.29 is 4.39 Å². The van der Waals surface area contributed by atoms with Crippen LogP contribution in [0.15, 0.2) is 30.6 Å². The van der Waals surface area contributed by atoms with Gasteiger partial charge in [0.2, 0.25) is 0 Å². The molecule has 17 heavy (non-hydrogen) atoms. The summed E-state index contributed by atoms with van der Waals surface area (Å²) in [5, 5.41) is 12.7. The minimum Gasteiger partial charge on any atom is -0.272 e. The SMILES string of the molecule is CCn1cc(-c2ccc(CC#N)c(F)c2)cn1. The Morgan fingerprint density at radius 1 is 1.41 bits per heavy atom. The maximum absolute atomic E-state index is 13.6. The highest BCUT2D eigenvalue weighted by atomic mass is 19.1. The zero-order valence-electron chi connectivity index (χ0n) is 9.52. The van der Waals surface area contributed by atoms with Gasteiger partial charge in [-0.1, -0.05) is 12.1 Å². The first kappa shape index (κ1) is 11.3. The molecule has 86 valence electrons. The lowest BCUT2D eigenvalue weighted by atomic mass is 10.1. The number of halogens is 1. The molecule has 3 nitrogen and oxygen atoms in total. The van der Waals surface area contributed by atoms with Gasteiger partial charge in [-0.2, -0.15) is 10.4 Å². The van der Waals surface area contributed by atoms with E-state index in [4.69, 9.17) is 5.26 Å². The smallest absolute Gasteiger partial charge is 0.128 e. The molecular weight excluding hydrogens is 217 g/mol. The van der Waals surface area contributed by atoms with Crippen LogP contribution in [0.25, 0.3) is 11.1 Å². The maximum Gasteiger partial charge on any atom is 0.128 e. The zero-order chi connectivity index (χ0) is 12.3. The van der Waals surface area contributed by atoms with Crippen molar-refractivity contribution in [3.8, 4) is 17.2 Å². The van der Waals surface area contributed by atoms with E-state index < -0.39 is 0 Å². The van der Waals surface area contributed by atoms with Crippen molar-refractivity contribution in [1.29, 1.82) is 5.26 Å². The van der Waals surface area contributed by atoms with E-state index in [1.54, 1.807) is 16.9 Å². The summed E-state index contributed by atoms with van der Waals surface area (Å²) in [5.41, 5.74) is 2.09. The molecule has 0 radical (unpaired) electrons. The van der Waals surface area contributed by atoms with E-state index in [1.807, 2.05) is 25.3 Å². The third kappa shape index (κ3) is 2.34. The molecule has 0 N–H and O–H groups in total. The summed E-state index contributed by atoms with van der Waals surface area (Å²) in [4.78, 5) is 0. The Labute approximate surface area is 99.1 Å². The summed E-state index contributed by atoms with van der Waals surface area (Å²) in [6.07, 6.45) is 3.68. The Hall–Kier alpha value is -2.15. The molecule has 1 aromatic heterocycles. The van der Waals surface area contributed by atoms with Crippen molar-refractivity contribution >= 4 is 0 Å². The van der Waals surface area contributed by atoms with Crippen LogP contribution in [0.1, 0.15) is 12.5 Å². The van der Waals surface area contributed by atoms with E-state index in [2.05, 4.69) is 5.10 Å². The quantitative estimate of drug-likeness (QED) is 0.812. The average Bonchev–Trinajstić information content (AvgIpc) is 2.80. The highest BCUT2D eigenvalue weighted by Gasteiger charge is 2.06. The molecule has 2 rings (SSSR count). The number of rotatable bonds is 3. The van der Waals surface area contributed by atoms with Gasteiger partial charge >= 0.3 is 0 Å². The van der Waals surface area contributed by atoms with Crippen LogP contribution in [0.2, 0.25) is 0 Å². The predicted molar refractivity (Wildman–Crippen MR) is 62.6 cm³/mol. The molecule has 0 atom stereocenters. The first-order valence-corrected chi connectivity index (χ1v) is 5.42. The number of hydrogen-bond acceptors (Lipinski definition) is 2. The van der Waals surface area contributed by atoms with Crippen molar-refractivity contribution in [2.24, 2.45) is 0 Å². The summed E-state index contributed by atoms with van der Waals surface area (Å²) >= 11 is 0. The first-order chi connectivity index (χ1) is 8.24. The number of nitriles is 1. The molecule has 1 heterocycles. The fourth-order valence-electron chi connectivity index (χ4n) is 1.64. The highest BCUT2D eigenvalue weighted by Crippen LogP contribution is 2.21. The van der Waals surface area contributed by atoms with E-state index in [1.165, 1.54) is 6.07 Å². The van der Waals surface area contributed by atoms with Crippen LogP contribution in [-0.4, -0.2) is 9.78 Å². The Bertz CT molecular complexity index is 566. The molecule has 0 saturated carbocycles. The lowest BCUT2D eigenvalue weighted by molar-refractivity contribution is 0.616. The largest absolute Gasteiger partial charge is 0.272 e. The highest BCUT2D eigenvalue weighted by molar-refractivity contribution is 5.62. The van der Waals surface area contributed by atoms with Crippen LogP contribution in [-0.2, 0) is 13.0 Å². The van der Waals surface area contributed by atoms with Crippen LogP contribution in [0.3, 0.4) is 0 Å². The number of benzene rings is 1. The van der Waals surface area contributed by atoms with Gasteiger partial charge in [-0.25, -0.2) is 4.39 Å². The second-order valence-electron chi connectivity index (χ2n) is 3.73. The molecule has 0 aliphatic carbocycles. The third-order valence-electron chi connectivity index (χ3n) is 2.61. The molecular formula is C13H12FN3. The molecule has 0 spiro atoms. The molecule has 0 aliphatic rings. The zero-order valence-corrected chi connectivity index (χ0v) is 9.52. The lowest BCUT2D eigenvalue weighted by Gasteiger charge is -2.01. The molecule has 0 saturated heterocycles. The van der Waals surface area contributed by atoms with Gasteiger partial charge in [-0.15, -0.1) is 0 Å². The van der Waals surface area contributed by atoms with Crippen LogP contribution in [0.5, 0.6) is 0 Å². The third-order valence-corrected chi connectivity index (χ3v) is 2.61. The summed E-state index contributed by atoms with van der Waals surface area (Å²) in [6, 6.07) is 6.85. The molecule has 4 heteroatoms. The van der Waals surface area contributed by atoms with Gasteiger partial charge in [-0.3, -0.25) is 4.68 Å². The normalized spacial score (nSPS) is 10.2. The Kier molecular flexibility index (Phi) is 3.20. The van der Waals surface area contributed by atoms with Crippen LogP contribution < -0.4 is 0 Å². The number of aryl methyl sites for hydroxylation is 1. The predicted octanol–water partition coefficient (Wildman–Crippen LogP) is 2.78. The number of aromatic nitrogens is 2. The molecule has 0 aliphatic heterocycles. The molecule has 1 aromatic carbocycles. The van der Waals surface area contributed by atoms with E-state index in [9.17, 15) is 4.39 Å². The Balaban J connectivity index is 2.34. The standard InChI is InChI=1S/C13H12FN3/c1-2-17-9-12(8-16-17)11-4-3-10(5-6-15)13(14)7-11/h3-4,7-9H,2,5H2,1H3. The summed E-state index contributed by atoms with van der Waals surface area (Å²) in [5.74, 6) is -0.340. The van der Waals surface area contributed by atoms with Gasteiger partial charge in [0.05, 0.1) is 18.7 Å². The Morgan fingerprint density at radius 2 is 2.24 bits per heavy atom. The van der Waals surface area contributed by atoms with Crippen LogP contribution in [0, 0.1) is 17.1 Å². The minimum absolute atomic E-state index is 0.0976. The lowest BCUT2D eigenvalue weighted by Crippen LogP contribution is -1.92. The van der Waals surface area contributed by atoms with Gasteiger partial charge in [0.15, 0.2) is 0 Å². The number of hydrogen-bond donors (Lipinski definition) is 0. The fraction of sp³-hybridized carbons (Fsp3) is 0.231. The second-order valence-corrected chi connectivity index (χ2v) is 3.73. The van der Waals surface area contributed by atoms with Crippen molar-refractivity contribution in [2.45, 2.75) is 19.9 Å². The van der Waals surface area contributed by atoms with Crippen molar-refractivity contribution in [3.05, 3.63) is 42.0 Å². The topological polar surface area (TPSA) is 41.6 Å². The summed E-state index contributed by atoms with van der Waals surface area (Å²) < 4.78 is 15.4. The first-order valence-electron chi connectivity index (χ1n) is 5.42. The molecule has 0 unspecified atom stereocenters. The Morgan fingerprint density at radius 3 is 2.82 bits per heavy atom. The monoisotopic (exact) mass is 229 g/mol. The molecule has 0 fully saturated rings. The van der Waals surface area contributed by atoms with Crippen molar-refractivity contribution in [3.63, 3.8) is 0 Å².